The summed E-state index contributed by atoms with van der Waals surface area (Å²) in [5.74, 6) is 1.44. The molecule has 0 spiro atoms. The van der Waals surface area contributed by atoms with Crippen LogP contribution in [0.1, 0.15) is 20.3 Å². The topological polar surface area (TPSA) is 79.8 Å². The molecule has 2 N–H and O–H groups in total. The molecule has 1 aromatic carbocycles. The van der Waals surface area contributed by atoms with Crippen molar-refractivity contribution in [2.24, 2.45) is 4.99 Å². The van der Waals surface area contributed by atoms with Crippen LogP contribution in [0.25, 0.3) is 0 Å². The Balaban J connectivity index is 0.00000529. The summed E-state index contributed by atoms with van der Waals surface area (Å²) in [4.78, 5) is 4.09. The van der Waals surface area contributed by atoms with Crippen LogP contribution in [0.15, 0.2) is 35.3 Å². The van der Waals surface area contributed by atoms with Gasteiger partial charge in [0.1, 0.15) is 5.75 Å². The third kappa shape index (κ3) is 8.18. The number of aliphatic imine (C=N–C) groups is 1. The van der Waals surface area contributed by atoms with Crippen molar-refractivity contribution in [3.8, 4) is 5.75 Å². The summed E-state index contributed by atoms with van der Waals surface area (Å²) in [7, 11) is -1.48. The number of hydrogen-bond donors (Lipinski definition) is 2. The zero-order valence-corrected chi connectivity index (χ0v) is 17.9. The minimum atomic E-state index is -3.13. The van der Waals surface area contributed by atoms with Gasteiger partial charge in [-0.15, -0.1) is 24.0 Å². The van der Waals surface area contributed by atoms with E-state index in [0.717, 1.165) is 12.2 Å². The quantitative estimate of drug-likeness (QED) is 0.264. The summed E-state index contributed by atoms with van der Waals surface area (Å²) >= 11 is 0. The van der Waals surface area contributed by atoms with Crippen LogP contribution >= 0.6 is 24.0 Å². The Morgan fingerprint density at radius 1 is 1.21 bits per heavy atom. The molecule has 24 heavy (non-hydrogen) atoms. The van der Waals surface area contributed by atoms with Gasteiger partial charge in [0, 0.05) is 26.4 Å². The number of guanidine groups is 1. The highest BCUT2D eigenvalue weighted by atomic mass is 127. The van der Waals surface area contributed by atoms with E-state index < -0.39 is 14.6 Å². The van der Waals surface area contributed by atoms with Gasteiger partial charge in [0.05, 0.1) is 11.4 Å². The molecular weight excluding hydrogens is 441 g/mol. The number of rotatable bonds is 8. The van der Waals surface area contributed by atoms with Crippen LogP contribution in [0.4, 0.5) is 0 Å². The lowest BCUT2D eigenvalue weighted by Crippen LogP contribution is -2.47. The fourth-order valence-electron chi connectivity index (χ4n) is 1.63. The lowest BCUT2D eigenvalue weighted by atomic mass is 10.2. The summed E-state index contributed by atoms with van der Waals surface area (Å²) in [5.41, 5.74) is 0. The molecule has 0 radical (unpaired) electrons. The Morgan fingerprint density at radius 2 is 1.83 bits per heavy atom. The van der Waals surface area contributed by atoms with Gasteiger partial charge in [-0.05, 0) is 32.4 Å². The van der Waals surface area contributed by atoms with Crippen molar-refractivity contribution in [1.82, 2.24) is 10.6 Å². The number of nitrogens with one attached hydrogen (secondary N) is 2. The van der Waals surface area contributed by atoms with Crippen LogP contribution < -0.4 is 15.4 Å². The van der Waals surface area contributed by atoms with Crippen molar-refractivity contribution in [2.75, 3.05) is 33.0 Å². The average Bonchev–Trinajstić information content (AvgIpc) is 2.50. The third-order valence-corrected chi connectivity index (χ3v) is 5.69. The molecule has 0 heterocycles. The summed E-state index contributed by atoms with van der Waals surface area (Å²) in [6.07, 6.45) is 2.05. The number of hydrogen-bond acceptors (Lipinski definition) is 4. The van der Waals surface area contributed by atoms with E-state index in [4.69, 9.17) is 4.74 Å². The molecule has 0 saturated carbocycles. The van der Waals surface area contributed by atoms with Gasteiger partial charge < -0.3 is 15.4 Å². The number of nitrogens with zero attached hydrogens (tertiary/aromatic N) is 1. The average molecular weight is 469 g/mol. The highest BCUT2D eigenvalue weighted by Crippen LogP contribution is 2.13. The highest BCUT2D eigenvalue weighted by molar-refractivity contribution is 14.0. The fourth-order valence-corrected chi connectivity index (χ4v) is 1.97. The van der Waals surface area contributed by atoms with E-state index in [1.807, 2.05) is 30.3 Å². The molecule has 0 aromatic heterocycles. The van der Waals surface area contributed by atoms with Gasteiger partial charge in [-0.25, -0.2) is 8.42 Å². The molecule has 0 bridgehead atoms. The van der Waals surface area contributed by atoms with Crippen LogP contribution in [0.3, 0.4) is 0 Å². The predicted molar refractivity (Wildman–Crippen MR) is 110 cm³/mol. The van der Waals surface area contributed by atoms with Crippen molar-refractivity contribution < 1.29 is 13.2 Å². The first kappa shape index (κ1) is 23.0. The third-order valence-electron chi connectivity index (χ3n) is 3.53. The summed E-state index contributed by atoms with van der Waals surface area (Å²) < 4.78 is 28.1. The second kappa shape index (κ2) is 10.8. The zero-order valence-electron chi connectivity index (χ0n) is 14.7. The Hall–Kier alpha value is -1.03. The number of halogens is 1. The van der Waals surface area contributed by atoms with Gasteiger partial charge in [-0.2, -0.15) is 0 Å². The standard InChI is InChI=1S/C16H27N3O3S.HI/c1-16(2,23(4,20)21)13-19-15(17-3)18-11-8-12-22-14-9-6-5-7-10-14;/h5-7,9-10H,8,11-13H2,1-4H3,(H2,17,18,19);1H. The van der Waals surface area contributed by atoms with Crippen LogP contribution in [-0.2, 0) is 9.84 Å². The van der Waals surface area contributed by atoms with Crippen molar-refractivity contribution in [3.63, 3.8) is 0 Å². The van der Waals surface area contributed by atoms with Crippen molar-refractivity contribution in [3.05, 3.63) is 30.3 Å². The minimum Gasteiger partial charge on any atom is -0.494 e. The molecule has 1 aromatic rings. The van der Waals surface area contributed by atoms with Gasteiger partial charge in [0.15, 0.2) is 15.8 Å². The summed E-state index contributed by atoms with van der Waals surface area (Å²) in [6.45, 7) is 4.97. The molecular formula is C16H28IN3O3S. The molecule has 6 nitrogen and oxygen atoms in total. The molecule has 0 amide bonds. The van der Waals surface area contributed by atoms with Crippen molar-refractivity contribution >= 4 is 39.8 Å². The number of sulfone groups is 1. The van der Waals surface area contributed by atoms with Crippen molar-refractivity contribution in [1.29, 1.82) is 0 Å². The van der Waals surface area contributed by atoms with E-state index in [1.54, 1.807) is 20.9 Å². The molecule has 0 saturated heterocycles. The Bertz CT molecular complexity index is 604. The minimum absolute atomic E-state index is 0. The number of para-hydroxylation sites is 1. The largest absolute Gasteiger partial charge is 0.494 e. The normalized spacial score (nSPS) is 12.2. The van der Waals surface area contributed by atoms with Crippen LogP contribution in [-0.4, -0.2) is 52.1 Å². The molecule has 0 fully saturated rings. The first-order valence-corrected chi connectivity index (χ1v) is 9.47. The molecule has 0 aliphatic carbocycles. The van der Waals surface area contributed by atoms with Gasteiger partial charge in [0.25, 0.3) is 0 Å². The first-order valence-electron chi connectivity index (χ1n) is 7.58. The van der Waals surface area contributed by atoms with E-state index in [9.17, 15) is 8.42 Å². The highest BCUT2D eigenvalue weighted by Gasteiger charge is 2.30. The smallest absolute Gasteiger partial charge is 0.191 e. The molecule has 0 aliphatic heterocycles. The second-order valence-electron chi connectivity index (χ2n) is 5.90. The fraction of sp³-hybridized carbons (Fsp3) is 0.562. The van der Waals surface area contributed by atoms with Crippen LogP contribution in [0.2, 0.25) is 0 Å². The molecule has 0 atom stereocenters. The number of ether oxygens (including phenoxy) is 1. The maximum atomic E-state index is 11.7. The van der Waals surface area contributed by atoms with Crippen LogP contribution in [0, 0.1) is 0 Å². The Kier molecular flexibility index (Phi) is 10.3. The predicted octanol–water partition coefficient (Wildman–Crippen LogP) is 2.06. The Morgan fingerprint density at radius 3 is 2.38 bits per heavy atom. The zero-order chi connectivity index (χ0) is 17.3. The van der Waals surface area contributed by atoms with E-state index in [-0.39, 0.29) is 24.0 Å². The Labute approximate surface area is 162 Å². The molecule has 0 aliphatic rings. The summed E-state index contributed by atoms with van der Waals surface area (Å²) in [6, 6.07) is 9.65. The van der Waals surface area contributed by atoms with E-state index >= 15 is 0 Å². The number of benzene rings is 1. The molecule has 0 unspecified atom stereocenters. The SMILES string of the molecule is CN=C(NCCCOc1ccccc1)NCC(C)(C)S(C)(=O)=O.I. The van der Waals surface area contributed by atoms with Gasteiger partial charge >= 0.3 is 0 Å². The van der Waals surface area contributed by atoms with E-state index in [0.29, 0.717) is 25.7 Å². The summed E-state index contributed by atoms with van der Waals surface area (Å²) in [5, 5.41) is 6.19. The lowest BCUT2D eigenvalue weighted by Gasteiger charge is -2.24. The molecule has 8 heteroatoms. The van der Waals surface area contributed by atoms with Gasteiger partial charge in [-0.1, -0.05) is 18.2 Å². The molecule has 1 rings (SSSR count). The first-order chi connectivity index (χ1) is 10.8. The van der Waals surface area contributed by atoms with E-state index in [1.165, 1.54) is 6.26 Å². The van der Waals surface area contributed by atoms with E-state index in [2.05, 4.69) is 15.6 Å². The van der Waals surface area contributed by atoms with Gasteiger partial charge in [-0.3, -0.25) is 4.99 Å². The maximum Gasteiger partial charge on any atom is 0.191 e. The van der Waals surface area contributed by atoms with Crippen molar-refractivity contribution in [2.45, 2.75) is 25.0 Å². The second-order valence-corrected chi connectivity index (χ2v) is 8.55. The van der Waals surface area contributed by atoms with Crippen LogP contribution in [0.5, 0.6) is 5.75 Å². The molecule has 138 valence electrons. The van der Waals surface area contributed by atoms with Gasteiger partial charge in [0.2, 0.25) is 0 Å². The maximum absolute atomic E-state index is 11.7. The lowest BCUT2D eigenvalue weighted by molar-refractivity contribution is 0.311. The monoisotopic (exact) mass is 469 g/mol.